The smallest absolute Gasteiger partial charge is 0.411 e. The molecule has 0 unspecified atom stereocenters. The molecule has 0 saturated heterocycles. The number of anilines is 1. The second-order valence-electron chi connectivity index (χ2n) is 5.45. The molecule has 0 heterocycles. The lowest BCUT2D eigenvalue weighted by molar-refractivity contribution is -0.176. The molecule has 0 aliphatic heterocycles. The van der Waals surface area contributed by atoms with E-state index in [2.05, 4.69) is 15.0 Å². The van der Waals surface area contributed by atoms with Crippen molar-refractivity contribution in [3.8, 4) is 5.75 Å². The van der Waals surface area contributed by atoms with E-state index in [4.69, 9.17) is 10.5 Å². The number of nitrogens with zero attached hydrogens (tertiary/aromatic N) is 1. The van der Waals surface area contributed by atoms with Crippen LogP contribution in [0, 0.1) is 0 Å². The Morgan fingerprint density at radius 1 is 1.07 bits per heavy atom. The number of alkyl halides is 3. The van der Waals surface area contributed by atoms with Gasteiger partial charge in [0.05, 0.1) is 25.9 Å². The summed E-state index contributed by atoms with van der Waals surface area (Å²) in [6, 6.07) is 14.2. The molecule has 0 aliphatic carbocycles. The molecule has 0 fully saturated rings. The molecule has 0 radical (unpaired) electrons. The van der Waals surface area contributed by atoms with Gasteiger partial charge < -0.3 is 20.5 Å². The van der Waals surface area contributed by atoms with E-state index in [0.29, 0.717) is 23.5 Å². The van der Waals surface area contributed by atoms with Gasteiger partial charge in [0.1, 0.15) is 12.4 Å². The minimum absolute atomic E-state index is 0. The zero-order valence-corrected chi connectivity index (χ0v) is 17.0. The molecule has 2 rings (SSSR count). The minimum Gasteiger partial charge on any atom is -0.495 e. The number of halogens is 4. The van der Waals surface area contributed by atoms with Crippen LogP contribution in [0.2, 0.25) is 0 Å². The molecule has 27 heavy (non-hydrogen) atoms. The van der Waals surface area contributed by atoms with Crippen LogP contribution < -0.4 is 15.8 Å². The van der Waals surface area contributed by atoms with E-state index >= 15 is 0 Å². The van der Waals surface area contributed by atoms with Gasteiger partial charge in [0, 0.05) is 0 Å². The molecular formula is C18H21F3IN3O2. The van der Waals surface area contributed by atoms with Gasteiger partial charge in [-0.15, -0.1) is 24.0 Å². The highest BCUT2D eigenvalue weighted by Crippen LogP contribution is 2.22. The first kappa shape index (κ1) is 23.0. The van der Waals surface area contributed by atoms with Gasteiger partial charge in [-0.3, -0.25) is 0 Å². The number of aliphatic imine (C=N–C) groups is 1. The lowest BCUT2D eigenvalue weighted by Crippen LogP contribution is -2.22. The molecular weight excluding hydrogens is 474 g/mol. The van der Waals surface area contributed by atoms with Crippen molar-refractivity contribution in [2.45, 2.75) is 19.3 Å². The standard InChI is InChI=1S/C18H20F3N3O2.HI/c1-25-16-5-3-2-4-15(16)24-17(22)23-10-13-6-8-14(9-7-13)11-26-12-18(19,20)21;/h2-9H,10-12H2,1H3,(H3,22,23,24);1H. The first-order valence-corrected chi connectivity index (χ1v) is 7.79. The van der Waals surface area contributed by atoms with E-state index in [0.717, 1.165) is 5.56 Å². The molecule has 9 heteroatoms. The van der Waals surface area contributed by atoms with Crippen LogP contribution in [-0.2, 0) is 17.9 Å². The van der Waals surface area contributed by atoms with Crippen LogP contribution in [0.25, 0.3) is 0 Å². The highest BCUT2D eigenvalue weighted by Gasteiger charge is 2.27. The van der Waals surface area contributed by atoms with Crippen molar-refractivity contribution in [2.75, 3.05) is 19.0 Å². The molecule has 0 amide bonds. The molecule has 2 aromatic rings. The molecule has 5 nitrogen and oxygen atoms in total. The normalized spacial score (nSPS) is 11.6. The molecule has 3 N–H and O–H groups in total. The fourth-order valence-corrected chi connectivity index (χ4v) is 2.13. The number of rotatable bonds is 7. The van der Waals surface area contributed by atoms with E-state index < -0.39 is 12.8 Å². The van der Waals surface area contributed by atoms with Crippen LogP contribution in [0.3, 0.4) is 0 Å². The zero-order chi connectivity index (χ0) is 19.0. The van der Waals surface area contributed by atoms with Gasteiger partial charge in [0.25, 0.3) is 0 Å². The maximum Gasteiger partial charge on any atom is 0.411 e. The summed E-state index contributed by atoms with van der Waals surface area (Å²) in [6.07, 6.45) is -4.32. The highest BCUT2D eigenvalue weighted by molar-refractivity contribution is 14.0. The lowest BCUT2D eigenvalue weighted by Gasteiger charge is -2.10. The number of hydrogen-bond donors (Lipinski definition) is 2. The Hall–Kier alpha value is -2.01. The summed E-state index contributed by atoms with van der Waals surface area (Å²) in [5.41, 5.74) is 8.10. The van der Waals surface area contributed by atoms with Gasteiger partial charge in [-0.05, 0) is 23.3 Å². The first-order chi connectivity index (χ1) is 12.4. The van der Waals surface area contributed by atoms with Gasteiger partial charge in [0.15, 0.2) is 5.96 Å². The number of nitrogens with one attached hydrogen (secondary N) is 1. The number of methoxy groups -OCH3 is 1. The monoisotopic (exact) mass is 495 g/mol. The van der Waals surface area contributed by atoms with E-state index in [1.165, 1.54) is 0 Å². The van der Waals surface area contributed by atoms with Gasteiger partial charge in [-0.1, -0.05) is 36.4 Å². The van der Waals surface area contributed by atoms with Crippen molar-refractivity contribution in [2.24, 2.45) is 10.7 Å². The maximum absolute atomic E-state index is 12.0. The zero-order valence-electron chi connectivity index (χ0n) is 14.6. The lowest BCUT2D eigenvalue weighted by atomic mass is 10.1. The summed E-state index contributed by atoms with van der Waals surface area (Å²) in [6.45, 7) is -1.03. The summed E-state index contributed by atoms with van der Waals surface area (Å²) < 4.78 is 45.9. The Morgan fingerprint density at radius 2 is 1.70 bits per heavy atom. The third-order valence-electron chi connectivity index (χ3n) is 3.36. The van der Waals surface area contributed by atoms with E-state index in [1.807, 2.05) is 18.2 Å². The van der Waals surface area contributed by atoms with Gasteiger partial charge in [0.2, 0.25) is 0 Å². The van der Waals surface area contributed by atoms with Crippen LogP contribution in [0.5, 0.6) is 5.75 Å². The highest BCUT2D eigenvalue weighted by atomic mass is 127. The van der Waals surface area contributed by atoms with Crippen LogP contribution in [0.4, 0.5) is 18.9 Å². The maximum atomic E-state index is 12.0. The largest absolute Gasteiger partial charge is 0.495 e. The fourth-order valence-electron chi connectivity index (χ4n) is 2.13. The number of hydrogen-bond acceptors (Lipinski definition) is 3. The van der Waals surface area contributed by atoms with Crippen molar-refractivity contribution in [1.29, 1.82) is 0 Å². The number of nitrogens with two attached hydrogens (primary N) is 1. The molecule has 2 aromatic carbocycles. The van der Waals surface area contributed by atoms with E-state index in [1.54, 1.807) is 37.4 Å². The molecule has 0 aliphatic rings. The quantitative estimate of drug-likeness (QED) is 0.341. The molecule has 0 bridgehead atoms. The summed E-state index contributed by atoms with van der Waals surface area (Å²) >= 11 is 0. The van der Waals surface area contributed by atoms with Gasteiger partial charge in [-0.2, -0.15) is 13.2 Å². The number of ether oxygens (including phenoxy) is 2. The fraction of sp³-hybridized carbons (Fsp3) is 0.278. The SMILES string of the molecule is COc1ccccc1NC(N)=NCc1ccc(COCC(F)(F)F)cc1.I. The molecule has 0 aromatic heterocycles. The van der Waals surface area contributed by atoms with Crippen molar-refractivity contribution < 1.29 is 22.6 Å². The predicted molar refractivity (Wildman–Crippen MR) is 110 cm³/mol. The van der Waals surface area contributed by atoms with E-state index in [9.17, 15) is 13.2 Å². The van der Waals surface area contributed by atoms with Gasteiger partial charge in [-0.25, -0.2) is 4.99 Å². The minimum atomic E-state index is -4.32. The average molecular weight is 495 g/mol. The Bertz CT molecular complexity index is 737. The predicted octanol–water partition coefficient (Wildman–Crippen LogP) is 4.32. The third-order valence-corrected chi connectivity index (χ3v) is 3.36. The Labute approximate surface area is 172 Å². The summed E-state index contributed by atoms with van der Waals surface area (Å²) in [5.74, 6) is 0.876. The summed E-state index contributed by atoms with van der Waals surface area (Å²) in [4.78, 5) is 4.24. The summed E-state index contributed by atoms with van der Waals surface area (Å²) in [7, 11) is 1.56. The second-order valence-corrected chi connectivity index (χ2v) is 5.45. The molecule has 148 valence electrons. The molecule has 0 atom stereocenters. The van der Waals surface area contributed by atoms with Gasteiger partial charge >= 0.3 is 6.18 Å². The third kappa shape index (κ3) is 8.48. The molecule has 0 saturated carbocycles. The van der Waals surface area contributed by atoms with Crippen molar-refractivity contribution in [3.05, 3.63) is 59.7 Å². The first-order valence-electron chi connectivity index (χ1n) is 7.79. The van der Waals surface area contributed by atoms with Crippen LogP contribution in [-0.4, -0.2) is 25.9 Å². The van der Waals surface area contributed by atoms with Crippen molar-refractivity contribution >= 4 is 35.6 Å². The Balaban J connectivity index is 0.00000364. The topological polar surface area (TPSA) is 68.9 Å². The van der Waals surface area contributed by atoms with Crippen molar-refractivity contribution in [1.82, 2.24) is 0 Å². The van der Waals surface area contributed by atoms with Crippen LogP contribution in [0.1, 0.15) is 11.1 Å². The molecule has 0 spiro atoms. The Morgan fingerprint density at radius 3 is 2.33 bits per heavy atom. The summed E-state index contributed by atoms with van der Waals surface area (Å²) in [5, 5.41) is 2.96. The Kier molecular flexibility index (Phi) is 9.36. The average Bonchev–Trinajstić information content (AvgIpc) is 2.60. The second kappa shape index (κ2) is 11.0. The number of guanidine groups is 1. The number of benzene rings is 2. The number of para-hydroxylation sites is 2. The van der Waals surface area contributed by atoms with Crippen LogP contribution in [0.15, 0.2) is 53.5 Å². The van der Waals surface area contributed by atoms with Crippen LogP contribution >= 0.6 is 24.0 Å². The van der Waals surface area contributed by atoms with E-state index in [-0.39, 0.29) is 36.5 Å². The van der Waals surface area contributed by atoms with Crippen molar-refractivity contribution in [3.63, 3.8) is 0 Å².